The third-order valence-corrected chi connectivity index (χ3v) is 12.1. The largest absolute Gasteiger partial charge is 0.573 e. The highest BCUT2D eigenvalue weighted by Gasteiger charge is 2.53. The van der Waals surface area contributed by atoms with Crippen molar-refractivity contribution >= 4 is 52.3 Å². The number of hydrogen-bond acceptors (Lipinski definition) is 13. The number of hydrogen-bond donors (Lipinski definition) is 0. The molecular weight excluding hydrogens is 858 g/mol. The molecule has 0 bridgehead atoms. The minimum absolute atomic E-state index is 0.00853. The van der Waals surface area contributed by atoms with Crippen LogP contribution in [0, 0.1) is 11.6 Å². The number of fused-ring (bicyclic) bond motifs is 1. The van der Waals surface area contributed by atoms with E-state index in [4.69, 9.17) is 24.2 Å². The van der Waals surface area contributed by atoms with Crippen LogP contribution in [0.1, 0.15) is 103 Å². The van der Waals surface area contributed by atoms with Crippen molar-refractivity contribution in [1.82, 2.24) is 33.6 Å². The number of aromatic nitrogens is 4. The van der Waals surface area contributed by atoms with E-state index in [1.54, 1.807) is 38.1 Å². The number of amides is 2. The van der Waals surface area contributed by atoms with Crippen LogP contribution in [-0.2, 0) is 31.3 Å². The summed E-state index contributed by atoms with van der Waals surface area (Å²) in [5.74, 6) is -3.51. The van der Waals surface area contributed by atoms with Crippen LogP contribution in [0.2, 0.25) is 0 Å². The average Bonchev–Trinajstić information content (AvgIpc) is 3.75. The van der Waals surface area contributed by atoms with Gasteiger partial charge in [-0.1, -0.05) is 4.31 Å². The first-order valence-electron chi connectivity index (χ1n) is 21.0. The van der Waals surface area contributed by atoms with Crippen LogP contribution in [0.15, 0.2) is 43.0 Å². The molecule has 20 heteroatoms. The highest BCUT2D eigenvalue weighted by Crippen LogP contribution is 2.50. The van der Waals surface area contributed by atoms with E-state index in [0.717, 1.165) is 40.0 Å². The van der Waals surface area contributed by atoms with Crippen LogP contribution >= 0.6 is 0 Å². The lowest BCUT2D eigenvalue weighted by Gasteiger charge is -2.39. The summed E-state index contributed by atoms with van der Waals surface area (Å²) < 4.78 is 79.9. The van der Waals surface area contributed by atoms with Gasteiger partial charge in [-0.15, -0.1) is 4.31 Å². The molecule has 7 rings (SSSR count). The minimum atomic E-state index is -2.55. The molecule has 0 spiro atoms. The van der Waals surface area contributed by atoms with Gasteiger partial charge in [-0.25, -0.2) is 47.1 Å². The lowest BCUT2D eigenvalue weighted by atomic mass is 10.00. The molecular formula is C44H53F3N8O8S. The summed E-state index contributed by atoms with van der Waals surface area (Å²) in [4.78, 5) is 72.2. The smallest absolute Gasteiger partial charge is 0.458 e. The Bertz CT molecular complexity index is 2460. The van der Waals surface area contributed by atoms with E-state index < -0.39 is 80.9 Å². The number of alkyl halides is 1. The number of benzene rings is 1. The average molecular weight is 911 g/mol. The number of nitrogens with zero attached hydrogens (tertiary/aromatic N) is 8. The summed E-state index contributed by atoms with van der Waals surface area (Å²) in [5, 5.41) is 0.0155. The molecule has 3 aromatic heterocycles. The highest BCUT2D eigenvalue weighted by molar-refractivity contribution is 7.91. The van der Waals surface area contributed by atoms with Gasteiger partial charge >= 0.3 is 18.3 Å². The Morgan fingerprint density at radius 3 is 1.97 bits per heavy atom. The van der Waals surface area contributed by atoms with Crippen LogP contribution in [0.25, 0.3) is 22.2 Å². The van der Waals surface area contributed by atoms with Gasteiger partial charge in [0.2, 0.25) is 5.78 Å². The summed E-state index contributed by atoms with van der Waals surface area (Å²) in [5.41, 5.74) is -4.54. The molecule has 1 saturated carbocycles. The van der Waals surface area contributed by atoms with Crippen LogP contribution in [0.4, 0.5) is 33.2 Å². The lowest BCUT2D eigenvalue weighted by molar-refractivity contribution is 0.00752. The summed E-state index contributed by atoms with van der Waals surface area (Å²) in [7, 11) is 0. The minimum Gasteiger partial charge on any atom is -0.573 e. The number of carbonyl (C=O) groups is 4. The van der Waals surface area contributed by atoms with Crippen molar-refractivity contribution in [2.45, 2.75) is 110 Å². The predicted octanol–water partition coefficient (Wildman–Crippen LogP) is 7.69. The number of carbonyl (C=O) groups excluding carboxylic acids is 4. The Kier molecular flexibility index (Phi) is 12.6. The number of rotatable bonds is 8. The first kappa shape index (κ1) is 46.7. The molecule has 5 heterocycles. The van der Waals surface area contributed by atoms with Crippen molar-refractivity contribution in [3.63, 3.8) is 0 Å². The van der Waals surface area contributed by atoms with Gasteiger partial charge in [0.05, 0.1) is 23.2 Å². The molecule has 0 radical (unpaired) electrons. The molecule has 64 heavy (non-hydrogen) atoms. The van der Waals surface area contributed by atoms with Gasteiger partial charge in [-0.3, -0.25) is 9.69 Å². The van der Waals surface area contributed by atoms with Crippen molar-refractivity contribution in [2.75, 3.05) is 43.6 Å². The maximum absolute atomic E-state index is 16.9. The zero-order valence-corrected chi connectivity index (χ0v) is 38.2. The molecule has 1 aromatic carbocycles. The highest BCUT2D eigenvalue weighted by atomic mass is 32.2. The SMILES string of the molecule is CC(C)(C)OC(=O)N1CCN(C2(c3ncc(-c4cnc5c(c4)c(C(=O)c4c(F)ccc(N(C(=O)OC(C)(C)C)[S+]([O-])N6CCC(F)C6)c4F)cn5C(=O)OC(C)(C)C)cn3)CC2)CC1. The summed E-state index contributed by atoms with van der Waals surface area (Å²) in [6, 6.07) is 3.10. The molecule has 0 N–H and O–H groups in total. The quantitative estimate of drug-likeness (QED) is 0.0957. The normalized spacial score (nSPS) is 18.8. The van der Waals surface area contributed by atoms with E-state index in [9.17, 15) is 28.1 Å². The molecule has 16 nitrogen and oxygen atoms in total. The van der Waals surface area contributed by atoms with Gasteiger partial charge in [0.1, 0.15) is 46.0 Å². The Balaban J connectivity index is 1.23. The second-order valence-electron chi connectivity index (χ2n) is 19.1. The fourth-order valence-electron chi connectivity index (χ4n) is 7.59. The van der Waals surface area contributed by atoms with Crippen LogP contribution in [-0.4, -0.2) is 124 Å². The van der Waals surface area contributed by atoms with E-state index in [2.05, 4.69) is 9.88 Å². The van der Waals surface area contributed by atoms with Gasteiger partial charge in [-0.05, 0) is 99.8 Å². The Morgan fingerprint density at radius 2 is 1.41 bits per heavy atom. The Hall–Kier alpha value is -5.31. The van der Waals surface area contributed by atoms with Gasteiger partial charge in [0, 0.05) is 74.0 Å². The third-order valence-electron chi connectivity index (χ3n) is 10.7. The van der Waals surface area contributed by atoms with Gasteiger partial charge in [0.15, 0.2) is 17.4 Å². The Labute approximate surface area is 372 Å². The number of piperazine rings is 1. The summed E-state index contributed by atoms with van der Waals surface area (Å²) >= 11 is -2.55. The first-order chi connectivity index (χ1) is 29.9. The number of anilines is 1. The molecule has 2 saturated heterocycles. The molecule has 3 aliphatic rings. The van der Waals surface area contributed by atoms with Gasteiger partial charge in [-0.2, -0.15) is 0 Å². The van der Waals surface area contributed by atoms with E-state index >= 15 is 8.78 Å². The molecule has 2 atom stereocenters. The molecule has 4 aromatic rings. The molecule has 1 aliphatic carbocycles. The fraction of sp³-hybridized carbons (Fsp3) is 0.523. The van der Waals surface area contributed by atoms with Crippen LogP contribution < -0.4 is 4.31 Å². The number of pyridine rings is 1. The van der Waals surface area contributed by atoms with E-state index in [1.165, 1.54) is 33.0 Å². The fourth-order valence-corrected chi connectivity index (χ4v) is 8.85. The third kappa shape index (κ3) is 9.84. The van der Waals surface area contributed by atoms with Gasteiger partial charge in [0.25, 0.3) is 0 Å². The number of halogens is 3. The Morgan fingerprint density at radius 1 is 0.812 bits per heavy atom. The maximum atomic E-state index is 16.9. The zero-order chi connectivity index (χ0) is 46.7. The maximum Gasteiger partial charge on any atom is 0.458 e. The lowest BCUT2D eigenvalue weighted by Crippen LogP contribution is -2.53. The van der Waals surface area contributed by atoms with E-state index in [1.807, 2.05) is 20.8 Å². The van der Waals surface area contributed by atoms with Gasteiger partial charge < -0.3 is 23.7 Å². The van der Waals surface area contributed by atoms with Crippen molar-refractivity contribution in [1.29, 1.82) is 0 Å². The molecule has 3 fully saturated rings. The molecule has 2 amide bonds. The standard InChI is InChI=1S/C44H53F3N8O8S/c1-41(2,3)61-38(57)51-16-18-52(19-17-51)44(13-14-44)37-49-22-27(23-50-37)26-20-29-30(25-54(36(29)48-21-26)39(58)62-42(4,5)6)35(56)33-31(46)10-11-32(34(33)47)55(40(59)63-43(7,8)9)64(60)53-15-12-28(45)24-53/h10-11,20-23,25,28H,12-19,24H2,1-9H3. The predicted molar refractivity (Wildman–Crippen MR) is 230 cm³/mol. The summed E-state index contributed by atoms with van der Waals surface area (Å²) in [6.45, 7) is 16.8. The first-order valence-corrected chi connectivity index (χ1v) is 22.1. The number of ether oxygens (including phenoxy) is 3. The summed E-state index contributed by atoms with van der Waals surface area (Å²) in [6.07, 6.45) is 3.45. The van der Waals surface area contributed by atoms with Crippen molar-refractivity contribution in [3.8, 4) is 11.1 Å². The van der Waals surface area contributed by atoms with Crippen molar-refractivity contribution in [2.24, 2.45) is 0 Å². The van der Waals surface area contributed by atoms with Crippen LogP contribution in [0.3, 0.4) is 0 Å². The molecule has 2 aliphatic heterocycles. The second-order valence-corrected chi connectivity index (χ2v) is 20.5. The molecule has 344 valence electrons. The zero-order valence-electron chi connectivity index (χ0n) is 37.4. The number of ketones is 1. The second kappa shape index (κ2) is 17.2. The van der Waals surface area contributed by atoms with E-state index in [-0.39, 0.29) is 42.2 Å². The monoisotopic (exact) mass is 910 g/mol. The van der Waals surface area contributed by atoms with E-state index in [0.29, 0.717) is 47.4 Å². The van der Waals surface area contributed by atoms with Crippen molar-refractivity contribution < 1.29 is 51.1 Å². The molecule has 2 unspecified atom stereocenters. The topological polar surface area (TPSA) is 176 Å². The van der Waals surface area contributed by atoms with Crippen molar-refractivity contribution in [3.05, 3.63) is 71.6 Å². The van der Waals surface area contributed by atoms with Crippen LogP contribution in [0.5, 0.6) is 0 Å².